The zero-order chi connectivity index (χ0) is 9.84. The molecule has 3 heteroatoms. The second-order valence-corrected chi connectivity index (χ2v) is 3.02. The summed E-state index contributed by atoms with van der Waals surface area (Å²) >= 11 is 0. The van der Waals surface area contributed by atoms with Crippen molar-refractivity contribution in [1.29, 1.82) is 0 Å². The number of allylic oxidation sites excluding steroid dienone is 3. The molecular formula is C10H14N2O. The van der Waals surface area contributed by atoms with Gasteiger partial charge < -0.3 is 5.73 Å². The molecule has 1 aliphatic heterocycles. The summed E-state index contributed by atoms with van der Waals surface area (Å²) < 4.78 is 0. The number of aliphatic imine (C=N–C) groups is 1. The van der Waals surface area contributed by atoms with Crippen LogP contribution >= 0.6 is 0 Å². The summed E-state index contributed by atoms with van der Waals surface area (Å²) in [7, 11) is 0. The summed E-state index contributed by atoms with van der Waals surface area (Å²) in [6.45, 7) is 4.00. The molecule has 13 heavy (non-hydrogen) atoms. The first-order valence-corrected chi connectivity index (χ1v) is 4.37. The first-order valence-electron chi connectivity index (χ1n) is 4.37. The van der Waals surface area contributed by atoms with Gasteiger partial charge in [-0.3, -0.25) is 4.79 Å². The lowest BCUT2D eigenvalue weighted by atomic mass is 10.1. The second-order valence-electron chi connectivity index (χ2n) is 3.02. The maximum Gasteiger partial charge on any atom is 0.153 e. The molecule has 3 nitrogen and oxygen atoms in total. The van der Waals surface area contributed by atoms with E-state index in [1.165, 1.54) is 5.57 Å². The molecule has 0 aromatic heterocycles. The van der Waals surface area contributed by atoms with Gasteiger partial charge in [-0.25, -0.2) is 4.99 Å². The van der Waals surface area contributed by atoms with Crippen molar-refractivity contribution < 1.29 is 4.79 Å². The molecular weight excluding hydrogens is 164 g/mol. The van der Waals surface area contributed by atoms with E-state index in [-0.39, 0.29) is 0 Å². The van der Waals surface area contributed by atoms with Gasteiger partial charge in [0.2, 0.25) is 0 Å². The number of amidine groups is 1. The Morgan fingerprint density at radius 2 is 2.38 bits per heavy atom. The van der Waals surface area contributed by atoms with Crippen LogP contribution in [0.25, 0.3) is 0 Å². The maximum atomic E-state index is 10.6. The van der Waals surface area contributed by atoms with E-state index >= 15 is 0 Å². The minimum Gasteiger partial charge on any atom is -0.383 e. The number of nitrogens with zero attached hydrogens (tertiary/aromatic N) is 1. The SMILES string of the molecule is CCC1=C(C)N=C(N)C(C=O)=CC1. The Balaban J connectivity index is 3.06. The van der Waals surface area contributed by atoms with Crippen molar-refractivity contribution in [1.82, 2.24) is 0 Å². The average Bonchev–Trinajstić information content (AvgIpc) is 2.24. The van der Waals surface area contributed by atoms with Crippen molar-refractivity contribution in [2.24, 2.45) is 10.7 Å². The van der Waals surface area contributed by atoms with Crippen LogP contribution in [0.1, 0.15) is 26.7 Å². The van der Waals surface area contributed by atoms with Gasteiger partial charge in [-0.2, -0.15) is 0 Å². The summed E-state index contributed by atoms with van der Waals surface area (Å²) in [5, 5.41) is 0. The highest BCUT2D eigenvalue weighted by Gasteiger charge is 2.08. The second kappa shape index (κ2) is 4.03. The Labute approximate surface area is 78.0 Å². The Morgan fingerprint density at radius 3 is 2.92 bits per heavy atom. The van der Waals surface area contributed by atoms with Crippen molar-refractivity contribution in [3.63, 3.8) is 0 Å². The van der Waals surface area contributed by atoms with E-state index in [1.54, 1.807) is 0 Å². The van der Waals surface area contributed by atoms with Crippen LogP contribution in [0.2, 0.25) is 0 Å². The minimum atomic E-state index is 0.330. The lowest BCUT2D eigenvalue weighted by Gasteiger charge is -2.00. The van der Waals surface area contributed by atoms with Crippen molar-refractivity contribution in [3.8, 4) is 0 Å². The van der Waals surface area contributed by atoms with Crippen LogP contribution in [0, 0.1) is 0 Å². The van der Waals surface area contributed by atoms with Gasteiger partial charge in [-0.15, -0.1) is 0 Å². The van der Waals surface area contributed by atoms with Crippen LogP contribution in [0.5, 0.6) is 0 Å². The molecule has 1 rings (SSSR count). The molecule has 0 fully saturated rings. The van der Waals surface area contributed by atoms with E-state index in [9.17, 15) is 4.79 Å². The molecule has 2 N–H and O–H groups in total. The van der Waals surface area contributed by atoms with Gasteiger partial charge in [0, 0.05) is 5.70 Å². The van der Waals surface area contributed by atoms with E-state index in [4.69, 9.17) is 5.73 Å². The third kappa shape index (κ3) is 2.05. The van der Waals surface area contributed by atoms with E-state index < -0.39 is 0 Å². The molecule has 1 aliphatic rings. The molecule has 0 aromatic rings. The number of carbonyl (C=O) groups excluding carboxylic acids is 1. The van der Waals surface area contributed by atoms with E-state index in [0.717, 1.165) is 24.8 Å². The Bertz CT molecular complexity index is 311. The molecule has 0 atom stereocenters. The number of hydrogen-bond acceptors (Lipinski definition) is 3. The summed E-state index contributed by atoms with van der Waals surface area (Å²) in [5.41, 5.74) is 8.29. The molecule has 1 heterocycles. The first-order chi connectivity index (χ1) is 6.19. The number of rotatable bonds is 2. The molecule has 0 amide bonds. The fourth-order valence-corrected chi connectivity index (χ4v) is 1.32. The summed E-state index contributed by atoms with van der Waals surface area (Å²) in [4.78, 5) is 14.7. The fraction of sp³-hybridized carbons (Fsp3) is 0.400. The predicted octanol–water partition coefficient (Wildman–Crippen LogP) is 1.56. The lowest BCUT2D eigenvalue weighted by molar-refractivity contribution is -0.104. The smallest absolute Gasteiger partial charge is 0.153 e. The predicted molar refractivity (Wildman–Crippen MR) is 53.4 cm³/mol. The Morgan fingerprint density at radius 1 is 1.69 bits per heavy atom. The summed E-state index contributed by atoms with van der Waals surface area (Å²) in [5.74, 6) is 0.330. The van der Waals surface area contributed by atoms with Crippen molar-refractivity contribution in [2.75, 3.05) is 0 Å². The van der Waals surface area contributed by atoms with Crippen LogP contribution in [0.15, 0.2) is 27.9 Å². The highest BCUT2D eigenvalue weighted by Crippen LogP contribution is 2.18. The van der Waals surface area contributed by atoms with Gasteiger partial charge in [0.15, 0.2) is 6.29 Å². The quantitative estimate of drug-likeness (QED) is 0.652. The molecule has 0 saturated carbocycles. The monoisotopic (exact) mass is 178 g/mol. The normalized spacial score (nSPS) is 17.7. The van der Waals surface area contributed by atoms with Crippen LogP contribution in [0.4, 0.5) is 0 Å². The van der Waals surface area contributed by atoms with Crippen molar-refractivity contribution in [2.45, 2.75) is 26.7 Å². The first kappa shape index (κ1) is 9.71. The molecule has 0 bridgehead atoms. The van der Waals surface area contributed by atoms with E-state index in [1.807, 2.05) is 13.0 Å². The van der Waals surface area contributed by atoms with Crippen LogP contribution in [-0.2, 0) is 4.79 Å². The highest BCUT2D eigenvalue weighted by atomic mass is 16.1. The number of hydrogen-bond donors (Lipinski definition) is 1. The zero-order valence-electron chi connectivity index (χ0n) is 8.00. The molecule has 0 radical (unpaired) electrons. The molecule has 0 spiro atoms. The number of nitrogens with two attached hydrogens (primary N) is 1. The third-order valence-corrected chi connectivity index (χ3v) is 2.22. The van der Waals surface area contributed by atoms with Gasteiger partial charge in [-0.05, 0) is 25.3 Å². The van der Waals surface area contributed by atoms with Gasteiger partial charge >= 0.3 is 0 Å². The van der Waals surface area contributed by atoms with Gasteiger partial charge in [-0.1, -0.05) is 13.0 Å². The van der Waals surface area contributed by atoms with Crippen LogP contribution in [0.3, 0.4) is 0 Å². The van der Waals surface area contributed by atoms with Gasteiger partial charge in [0.05, 0.1) is 5.57 Å². The van der Waals surface area contributed by atoms with Crippen molar-refractivity contribution in [3.05, 3.63) is 22.9 Å². The van der Waals surface area contributed by atoms with Crippen molar-refractivity contribution >= 4 is 12.1 Å². The summed E-state index contributed by atoms with van der Waals surface area (Å²) in [6.07, 6.45) is 4.32. The zero-order valence-corrected chi connectivity index (χ0v) is 8.00. The third-order valence-electron chi connectivity index (χ3n) is 2.22. The fourth-order valence-electron chi connectivity index (χ4n) is 1.32. The molecule has 0 aliphatic carbocycles. The number of carbonyl (C=O) groups is 1. The Kier molecular flexibility index (Phi) is 3.01. The number of aldehydes is 1. The molecule has 0 unspecified atom stereocenters. The minimum absolute atomic E-state index is 0.330. The van der Waals surface area contributed by atoms with E-state index in [2.05, 4.69) is 11.9 Å². The van der Waals surface area contributed by atoms with Gasteiger partial charge in [0.25, 0.3) is 0 Å². The average molecular weight is 178 g/mol. The highest BCUT2D eigenvalue weighted by molar-refractivity contribution is 6.13. The molecule has 70 valence electrons. The lowest BCUT2D eigenvalue weighted by Crippen LogP contribution is -2.15. The van der Waals surface area contributed by atoms with Crippen LogP contribution in [-0.4, -0.2) is 12.1 Å². The molecule has 0 saturated heterocycles. The summed E-state index contributed by atoms with van der Waals surface area (Å²) in [6, 6.07) is 0. The van der Waals surface area contributed by atoms with E-state index in [0.29, 0.717) is 11.4 Å². The van der Waals surface area contributed by atoms with Crippen LogP contribution < -0.4 is 5.73 Å². The molecule has 0 aromatic carbocycles. The Hall–Kier alpha value is -1.38. The maximum absolute atomic E-state index is 10.6. The largest absolute Gasteiger partial charge is 0.383 e. The van der Waals surface area contributed by atoms with Gasteiger partial charge in [0.1, 0.15) is 5.84 Å². The standard InChI is InChI=1S/C10H14N2O/c1-3-8-4-5-9(6-13)10(11)12-7(8)2/h5-6H,3-4H2,1-2H3,(H2,11,12). The topological polar surface area (TPSA) is 55.4 Å².